The highest BCUT2D eigenvalue weighted by Gasteiger charge is 2.41. The largest absolute Gasteiger partial charge is 0.377 e. The number of likely N-dealkylation sites (tertiary alicyclic amines) is 1. The number of nitrogens with one attached hydrogen (secondary N) is 1. The van der Waals surface area contributed by atoms with Gasteiger partial charge in [-0.2, -0.15) is 5.10 Å². The molecule has 1 aromatic carbocycles. The minimum atomic E-state index is -1.37. The maximum Gasteiger partial charge on any atom is 0.148 e. The number of nitrogens with zero attached hydrogens (tertiary/aromatic N) is 5. The van der Waals surface area contributed by atoms with Crippen LogP contribution in [0.1, 0.15) is 40.4 Å². The number of aryl methyl sites for hydroxylation is 2. The third kappa shape index (κ3) is 4.24. The van der Waals surface area contributed by atoms with Gasteiger partial charge in [-0.05, 0) is 74.6 Å². The lowest BCUT2D eigenvalue weighted by Gasteiger charge is -2.28. The van der Waals surface area contributed by atoms with Crippen LogP contribution in [0.3, 0.4) is 0 Å². The fraction of sp³-hybridized carbons (Fsp3) is 0.577. The van der Waals surface area contributed by atoms with Crippen molar-refractivity contribution in [3.05, 3.63) is 36.0 Å². The van der Waals surface area contributed by atoms with Gasteiger partial charge in [0.15, 0.2) is 0 Å². The van der Waals surface area contributed by atoms with Gasteiger partial charge in [0.25, 0.3) is 0 Å². The van der Waals surface area contributed by atoms with E-state index in [4.69, 9.17) is 7.48 Å². The number of anilines is 1. The lowest BCUT2D eigenvalue weighted by molar-refractivity contribution is -0.00303. The molecular weight excluding hydrogens is 412 g/mol. The minimum Gasteiger partial charge on any atom is -0.377 e. The summed E-state index contributed by atoms with van der Waals surface area (Å²) in [6, 6.07) is 8.53. The van der Waals surface area contributed by atoms with Crippen LogP contribution < -0.4 is 5.32 Å². The van der Waals surface area contributed by atoms with E-state index in [1.165, 1.54) is 0 Å². The number of fused-ring (bicyclic) bond motifs is 2. The molecule has 3 aliphatic rings. The summed E-state index contributed by atoms with van der Waals surface area (Å²) in [6.45, 7) is 3.06. The SMILES string of the molecule is [2H]C([2H])([C@@H]1CCCCO1)N1C[C@H]2CC(Nc3ccc(-c4ccc5nn(C)cc5c4C)nn3)C[C@H]2C1. The van der Waals surface area contributed by atoms with Crippen molar-refractivity contribution in [3.8, 4) is 11.3 Å². The zero-order chi connectivity index (χ0) is 24.2. The van der Waals surface area contributed by atoms with Crippen LogP contribution in [0.25, 0.3) is 22.2 Å². The Labute approximate surface area is 198 Å². The van der Waals surface area contributed by atoms with Crippen molar-refractivity contribution in [2.75, 3.05) is 31.5 Å². The Bertz CT molecular complexity index is 1190. The van der Waals surface area contributed by atoms with Crippen LogP contribution in [0, 0.1) is 18.8 Å². The Morgan fingerprint density at radius 1 is 1.12 bits per heavy atom. The van der Waals surface area contributed by atoms with E-state index in [1.54, 1.807) is 0 Å². The first-order valence-corrected chi connectivity index (χ1v) is 12.3. The fourth-order valence-electron chi connectivity index (χ4n) is 5.96. The van der Waals surface area contributed by atoms with E-state index in [1.807, 2.05) is 41.0 Å². The minimum absolute atomic E-state index is 0.291. The first kappa shape index (κ1) is 18.9. The molecule has 0 radical (unpaired) electrons. The maximum absolute atomic E-state index is 8.71. The molecule has 2 saturated heterocycles. The quantitative estimate of drug-likeness (QED) is 0.636. The van der Waals surface area contributed by atoms with Crippen molar-refractivity contribution in [3.63, 3.8) is 0 Å². The van der Waals surface area contributed by atoms with Crippen molar-refractivity contribution in [1.29, 1.82) is 0 Å². The monoisotopic (exact) mass is 448 g/mol. The molecule has 3 fully saturated rings. The summed E-state index contributed by atoms with van der Waals surface area (Å²) in [5.41, 5.74) is 4.10. The fourth-order valence-corrected chi connectivity index (χ4v) is 5.96. The second-order valence-corrected chi connectivity index (χ2v) is 10.00. The van der Waals surface area contributed by atoms with Crippen molar-refractivity contribution in [2.45, 2.75) is 51.2 Å². The molecule has 0 amide bonds. The maximum atomic E-state index is 8.71. The van der Waals surface area contributed by atoms with Gasteiger partial charge >= 0.3 is 0 Å². The third-order valence-electron chi connectivity index (χ3n) is 7.62. The summed E-state index contributed by atoms with van der Waals surface area (Å²) in [4.78, 5) is 2.05. The smallest absolute Gasteiger partial charge is 0.148 e. The van der Waals surface area contributed by atoms with Gasteiger partial charge < -0.3 is 15.0 Å². The summed E-state index contributed by atoms with van der Waals surface area (Å²) < 4.78 is 25.1. The number of aromatic nitrogens is 4. The highest BCUT2D eigenvalue weighted by atomic mass is 16.5. The van der Waals surface area contributed by atoms with Gasteiger partial charge in [0.2, 0.25) is 0 Å². The van der Waals surface area contributed by atoms with Gasteiger partial charge in [0, 0.05) is 59.2 Å². The van der Waals surface area contributed by atoms with E-state index in [-0.39, 0.29) is 6.10 Å². The molecule has 0 spiro atoms. The van der Waals surface area contributed by atoms with Gasteiger partial charge in [-0.1, -0.05) is 6.07 Å². The number of rotatable bonds is 5. The predicted molar refractivity (Wildman–Crippen MR) is 130 cm³/mol. The first-order chi connectivity index (χ1) is 16.9. The summed E-state index contributed by atoms with van der Waals surface area (Å²) in [5, 5.41) is 18.2. The standard InChI is InChI=1S/C26H34N6O/c1-17-22(6-7-25-23(17)16-31(2)30-25)24-8-9-26(29-28-24)27-20-11-18-13-32(14-19(18)12-20)15-21-5-3-4-10-33-21/h6-9,16,18-21H,3-5,10-15H2,1-2H3,(H,27,29)/t18-,19+,20?,21-/m0/s1/i15D2. The average Bonchev–Trinajstić information content (AvgIpc) is 3.54. The molecule has 1 saturated carbocycles. The predicted octanol–water partition coefficient (Wildman–Crippen LogP) is 4.03. The second kappa shape index (κ2) is 8.69. The van der Waals surface area contributed by atoms with Crippen LogP contribution in [0.2, 0.25) is 0 Å². The van der Waals surface area contributed by atoms with Crippen molar-refractivity contribution < 1.29 is 7.48 Å². The van der Waals surface area contributed by atoms with E-state index in [9.17, 15) is 0 Å². The Kier molecular flexibility index (Phi) is 4.97. The first-order valence-electron chi connectivity index (χ1n) is 13.3. The van der Waals surface area contributed by atoms with Gasteiger partial charge in [0.1, 0.15) is 5.82 Å². The molecule has 0 bridgehead atoms. The van der Waals surface area contributed by atoms with Crippen LogP contribution in [-0.2, 0) is 11.8 Å². The molecule has 2 aromatic heterocycles. The molecule has 33 heavy (non-hydrogen) atoms. The average molecular weight is 449 g/mol. The van der Waals surface area contributed by atoms with Gasteiger partial charge in [-0.3, -0.25) is 4.68 Å². The normalized spacial score (nSPS) is 29.2. The number of ether oxygens (including phenoxy) is 1. The molecule has 1 unspecified atom stereocenters. The van der Waals surface area contributed by atoms with E-state index >= 15 is 0 Å². The molecule has 174 valence electrons. The van der Waals surface area contributed by atoms with Crippen molar-refractivity contribution in [1.82, 2.24) is 24.9 Å². The van der Waals surface area contributed by atoms with E-state index in [0.717, 1.165) is 78.7 Å². The third-order valence-corrected chi connectivity index (χ3v) is 7.62. The number of benzene rings is 1. The Balaban J connectivity index is 1.08. The van der Waals surface area contributed by atoms with Crippen molar-refractivity contribution >= 4 is 16.7 Å². The lowest BCUT2D eigenvalue weighted by Crippen LogP contribution is -2.35. The molecule has 7 heteroatoms. The molecule has 4 heterocycles. The van der Waals surface area contributed by atoms with E-state index < -0.39 is 6.50 Å². The molecule has 7 nitrogen and oxygen atoms in total. The second-order valence-electron chi connectivity index (χ2n) is 10.00. The summed E-state index contributed by atoms with van der Waals surface area (Å²) >= 11 is 0. The van der Waals surface area contributed by atoms with Crippen LogP contribution >= 0.6 is 0 Å². The van der Waals surface area contributed by atoms with Crippen LogP contribution in [-0.4, -0.2) is 63.2 Å². The van der Waals surface area contributed by atoms with E-state index in [2.05, 4.69) is 33.6 Å². The summed E-state index contributed by atoms with van der Waals surface area (Å²) in [7, 11) is 1.94. The molecule has 6 rings (SSSR count). The number of hydrogen-bond acceptors (Lipinski definition) is 6. The molecule has 4 atom stereocenters. The van der Waals surface area contributed by atoms with Gasteiger partial charge in [0.05, 0.1) is 17.3 Å². The zero-order valence-electron chi connectivity index (χ0n) is 21.5. The van der Waals surface area contributed by atoms with Crippen LogP contribution in [0.5, 0.6) is 0 Å². The highest BCUT2D eigenvalue weighted by Crippen LogP contribution is 2.39. The molecule has 2 aliphatic heterocycles. The summed E-state index contributed by atoms with van der Waals surface area (Å²) in [6.07, 6.45) is 6.78. The van der Waals surface area contributed by atoms with Crippen LogP contribution in [0.4, 0.5) is 5.82 Å². The van der Waals surface area contributed by atoms with Gasteiger partial charge in [-0.15, -0.1) is 10.2 Å². The van der Waals surface area contributed by atoms with E-state index in [0.29, 0.717) is 24.5 Å². The lowest BCUT2D eigenvalue weighted by atomic mass is 10.0. The Morgan fingerprint density at radius 3 is 2.70 bits per heavy atom. The molecule has 1 aliphatic carbocycles. The van der Waals surface area contributed by atoms with Crippen molar-refractivity contribution in [2.24, 2.45) is 18.9 Å². The Morgan fingerprint density at radius 2 is 1.97 bits per heavy atom. The number of hydrogen-bond donors (Lipinski definition) is 1. The highest BCUT2D eigenvalue weighted by molar-refractivity contribution is 5.88. The molecular formula is C26H34N6O. The van der Waals surface area contributed by atoms with Gasteiger partial charge in [-0.25, -0.2) is 0 Å². The van der Waals surface area contributed by atoms with Crippen LogP contribution in [0.15, 0.2) is 30.5 Å². The summed E-state index contributed by atoms with van der Waals surface area (Å²) in [5.74, 6) is 1.85. The molecule has 3 aromatic rings. The zero-order valence-corrected chi connectivity index (χ0v) is 19.5. The Hall–Kier alpha value is -2.51. The topological polar surface area (TPSA) is 68.1 Å². The molecule has 1 N–H and O–H groups in total.